The third kappa shape index (κ3) is 4.27. The van der Waals surface area contributed by atoms with Crippen LogP contribution in [0.15, 0.2) is 23.9 Å². The number of amides is 3. The van der Waals surface area contributed by atoms with Gasteiger partial charge in [0.05, 0.1) is 17.1 Å². The molecule has 1 saturated heterocycles. The smallest absolute Gasteiger partial charge is 0.326 e. The van der Waals surface area contributed by atoms with Crippen LogP contribution in [0.25, 0.3) is 6.08 Å². The van der Waals surface area contributed by atoms with Gasteiger partial charge in [-0.25, -0.2) is 4.79 Å². The fraction of sp³-hybridized carbons (Fsp3) is 0.286. The second-order valence-electron chi connectivity index (χ2n) is 4.49. The van der Waals surface area contributed by atoms with Crippen LogP contribution in [0.1, 0.15) is 12.5 Å². The van der Waals surface area contributed by atoms with E-state index in [4.69, 9.17) is 9.47 Å². The van der Waals surface area contributed by atoms with Crippen LogP contribution in [0.4, 0.5) is 10.5 Å². The standard InChI is InChI=1S/C14H15N3O6/c1-2-22-5-6-23-10-3-4-12(17(20)21)9(7-10)8-11-13(18)16-14(19)15-11/h3-4,7-8H,2,5-6H2,1H3,(H2,15,16,18,19). The van der Waals surface area contributed by atoms with E-state index in [9.17, 15) is 19.7 Å². The fourth-order valence-corrected chi connectivity index (χ4v) is 1.90. The number of hydrogen-bond donors (Lipinski definition) is 2. The summed E-state index contributed by atoms with van der Waals surface area (Å²) < 4.78 is 10.6. The zero-order valence-corrected chi connectivity index (χ0v) is 12.3. The third-order valence-corrected chi connectivity index (χ3v) is 2.92. The lowest BCUT2D eigenvalue weighted by Gasteiger charge is -2.07. The molecule has 1 heterocycles. The molecule has 0 unspecified atom stereocenters. The summed E-state index contributed by atoms with van der Waals surface area (Å²) in [6, 6.07) is 3.48. The molecule has 1 fully saturated rings. The molecule has 1 aliphatic rings. The van der Waals surface area contributed by atoms with E-state index < -0.39 is 16.9 Å². The largest absolute Gasteiger partial charge is 0.491 e. The Morgan fingerprint density at radius 2 is 2.04 bits per heavy atom. The van der Waals surface area contributed by atoms with Crippen LogP contribution in [0.2, 0.25) is 0 Å². The van der Waals surface area contributed by atoms with Crippen molar-refractivity contribution < 1.29 is 24.0 Å². The number of benzene rings is 1. The summed E-state index contributed by atoms with van der Waals surface area (Å²) in [5.41, 5.74) is -0.121. The van der Waals surface area contributed by atoms with Gasteiger partial charge in [-0.15, -0.1) is 0 Å². The fourth-order valence-electron chi connectivity index (χ4n) is 1.90. The van der Waals surface area contributed by atoms with E-state index in [1.54, 1.807) is 0 Å². The number of imide groups is 1. The Labute approximate surface area is 131 Å². The number of nitro benzene ring substituents is 1. The molecule has 9 nitrogen and oxygen atoms in total. The van der Waals surface area contributed by atoms with Crippen molar-refractivity contribution in [3.05, 3.63) is 39.6 Å². The number of hydrogen-bond acceptors (Lipinski definition) is 6. The van der Waals surface area contributed by atoms with Crippen LogP contribution < -0.4 is 15.4 Å². The highest BCUT2D eigenvalue weighted by Gasteiger charge is 2.24. The molecule has 122 valence electrons. The molecule has 0 aromatic heterocycles. The summed E-state index contributed by atoms with van der Waals surface area (Å²) in [7, 11) is 0. The molecule has 2 N–H and O–H groups in total. The summed E-state index contributed by atoms with van der Waals surface area (Å²) >= 11 is 0. The van der Waals surface area contributed by atoms with Crippen molar-refractivity contribution in [1.29, 1.82) is 0 Å². The third-order valence-electron chi connectivity index (χ3n) is 2.92. The summed E-state index contributed by atoms with van der Waals surface area (Å²) in [6.45, 7) is 3.11. The highest BCUT2D eigenvalue weighted by molar-refractivity contribution is 6.14. The van der Waals surface area contributed by atoms with Crippen LogP contribution in [0, 0.1) is 10.1 Å². The van der Waals surface area contributed by atoms with Gasteiger partial charge < -0.3 is 14.8 Å². The van der Waals surface area contributed by atoms with Gasteiger partial charge >= 0.3 is 6.03 Å². The van der Waals surface area contributed by atoms with Crippen LogP contribution in [-0.4, -0.2) is 36.7 Å². The van der Waals surface area contributed by atoms with Crippen molar-refractivity contribution in [2.45, 2.75) is 6.92 Å². The minimum absolute atomic E-state index is 0.0652. The van der Waals surface area contributed by atoms with E-state index in [2.05, 4.69) is 5.32 Å². The number of urea groups is 1. The van der Waals surface area contributed by atoms with E-state index in [1.807, 2.05) is 12.2 Å². The zero-order chi connectivity index (χ0) is 16.8. The SMILES string of the molecule is CCOCCOc1ccc([N+](=O)[O-])c(C=C2NC(=O)NC2=O)c1. The number of nitrogens with zero attached hydrogens (tertiary/aromatic N) is 1. The van der Waals surface area contributed by atoms with Gasteiger partial charge in [-0.1, -0.05) is 0 Å². The number of ether oxygens (including phenoxy) is 2. The molecular weight excluding hydrogens is 306 g/mol. The minimum atomic E-state index is -0.673. The van der Waals surface area contributed by atoms with Crippen molar-refractivity contribution in [3.63, 3.8) is 0 Å². The molecule has 0 saturated carbocycles. The average Bonchev–Trinajstić information content (AvgIpc) is 2.81. The van der Waals surface area contributed by atoms with E-state index in [-0.39, 0.29) is 16.9 Å². The maximum Gasteiger partial charge on any atom is 0.326 e. The first-order chi connectivity index (χ1) is 11.0. The van der Waals surface area contributed by atoms with Gasteiger partial charge in [-0.05, 0) is 25.1 Å². The van der Waals surface area contributed by atoms with Gasteiger partial charge in [0.2, 0.25) is 0 Å². The Kier molecular flexibility index (Phi) is 5.26. The molecule has 0 aliphatic carbocycles. The predicted octanol–water partition coefficient (Wildman–Crippen LogP) is 1.19. The van der Waals surface area contributed by atoms with E-state index in [0.717, 1.165) is 0 Å². The highest BCUT2D eigenvalue weighted by atomic mass is 16.6. The molecule has 9 heteroatoms. The second-order valence-corrected chi connectivity index (χ2v) is 4.49. The zero-order valence-electron chi connectivity index (χ0n) is 12.3. The van der Waals surface area contributed by atoms with Crippen LogP contribution in [-0.2, 0) is 9.53 Å². The number of carbonyl (C=O) groups excluding carboxylic acids is 2. The summed E-state index contributed by atoms with van der Waals surface area (Å²) in [4.78, 5) is 33.1. The summed E-state index contributed by atoms with van der Waals surface area (Å²) in [6.07, 6.45) is 1.23. The van der Waals surface area contributed by atoms with Crippen molar-refractivity contribution in [2.24, 2.45) is 0 Å². The van der Waals surface area contributed by atoms with Crippen molar-refractivity contribution in [3.8, 4) is 5.75 Å². The van der Waals surface area contributed by atoms with E-state index in [0.29, 0.717) is 25.6 Å². The number of rotatable bonds is 7. The first-order valence-electron chi connectivity index (χ1n) is 6.84. The van der Waals surface area contributed by atoms with E-state index >= 15 is 0 Å². The van der Waals surface area contributed by atoms with Gasteiger partial charge in [0.15, 0.2) is 0 Å². The molecule has 0 spiro atoms. The van der Waals surface area contributed by atoms with Gasteiger partial charge in [0.25, 0.3) is 11.6 Å². The summed E-state index contributed by atoms with van der Waals surface area (Å²) in [5, 5.41) is 15.4. The molecule has 1 aliphatic heterocycles. The van der Waals surface area contributed by atoms with Crippen LogP contribution in [0.5, 0.6) is 5.75 Å². The Balaban J connectivity index is 2.24. The summed E-state index contributed by atoms with van der Waals surface area (Å²) in [5.74, 6) is -0.251. The quantitative estimate of drug-likeness (QED) is 0.256. The maximum absolute atomic E-state index is 11.5. The number of nitrogens with one attached hydrogen (secondary N) is 2. The lowest BCUT2D eigenvalue weighted by molar-refractivity contribution is -0.385. The average molecular weight is 321 g/mol. The van der Waals surface area contributed by atoms with Crippen molar-refractivity contribution in [1.82, 2.24) is 10.6 Å². The normalized spacial score (nSPS) is 15.4. The second kappa shape index (κ2) is 7.36. The minimum Gasteiger partial charge on any atom is -0.491 e. The Hall–Kier alpha value is -2.94. The molecule has 1 aromatic carbocycles. The Bertz CT molecular complexity index is 670. The Morgan fingerprint density at radius 1 is 1.26 bits per heavy atom. The first-order valence-corrected chi connectivity index (χ1v) is 6.84. The molecule has 1 aromatic rings. The molecule has 23 heavy (non-hydrogen) atoms. The van der Waals surface area contributed by atoms with Crippen molar-refractivity contribution in [2.75, 3.05) is 19.8 Å². The lowest BCUT2D eigenvalue weighted by atomic mass is 10.1. The molecule has 0 radical (unpaired) electrons. The molecule has 3 amide bonds. The van der Waals surface area contributed by atoms with Gasteiger partial charge in [-0.3, -0.25) is 20.2 Å². The topological polar surface area (TPSA) is 120 Å². The van der Waals surface area contributed by atoms with Gasteiger partial charge in [-0.2, -0.15) is 0 Å². The number of carbonyl (C=O) groups is 2. The number of nitro groups is 1. The van der Waals surface area contributed by atoms with E-state index in [1.165, 1.54) is 24.3 Å². The van der Waals surface area contributed by atoms with Gasteiger partial charge in [0, 0.05) is 12.7 Å². The van der Waals surface area contributed by atoms with Crippen molar-refractivity contribution >= 4 is 23.7 Å². The maximum atomic E-state index is 11.5. The predicted molar refractivity (Wildman–Crippen MR) is 79.7 cm³/mol. The monoisotopic (exact) mass is 321 g/mol. The van der Waals surface area contributed by atoms with Gasteiger partial charge in [0.1, 0.15) is 18.1 Å². The van der Waals surface area contributed by atoms with Crippen LogP contribution in [0.3, 0.4) is 0 Å². The molecular formula is C14H15N3O6. The molecule has 2 rings (SSSR count). The first kappa shape index (κ1) is 16.4. The lowest BCUT2D eigenvalue weighted by Crippen LogP contribution is -2.22. The van der Waals surface area contributed by atoms with Crippen LogP contribution >= 0.6 is 0 Å². The molecule has 0 atom stereocenters. The Morgan fingerprint density at radius 3 is 2.65 bits per heavy atom. The highest BCUT2D eigenvalue weighted by Crippen LogP contribution is 2.26. The molecule has 0 bridgehead atoms.